The molecule has 2 aromatic carbocycles. The topological polar surface area (TPSA) is 53.1 Å². The summed E-state index contributed by atoms with van der Waals surface area (Å²) in [6.07, 6.45) is 0. The maximum atomic E-state index is 6.05. The Morgan fingerprint density at radius 3 is 2.54 bits per heavy atom. The van der Waals surface area contributed by atoms with Crippen molar-refractivity contribution in [2.24, 2.45) is 12.8 Å². The van der Waals surface area contributed by atoms with E-state index in [0.29, 0.717) is 13.2 Å². The number of ether oxygens (including phenoxy) is 1. The lowest BCUT2D eigenvalue weighted by molar-refractivity contribution is 0.306. The average molecular weight is 321 g/mol. The number of nitrogens with two attached hydrogens (primary N) is 1. The van der Waals surface area contributed by atoms with E-state index in [-0.39, 0.29) is 5.92 Å². The van der Waals surface area contributed by atoms with Crippen LogP contribution in [0.4, 0.5) is 0 Å². The smallest absolute Gasteiger partial charge is 0.120 e. The number of hydrogen-bond donors (Lipinski definition) is 1. The summed E-state index contributed by atoms with van der Waals surface area (Å²) < 4.78 is 7.84. The molecule has 0 radical (unpaired) electrons. The molecule has 0 bridgehead atoms. The zero-order chi connectivity index (χ0) is 16.9. The largest absolute Gasteiger partial charge is 0.489 e. The van der Waals surface area contributed by atoms with E-state index < -0.39 is 0 Å². The van der Waals surface area contributed by atoms with Gasteiger partial charge in [0, 0.05) is 25.2 Å². The summed E-state index contributed by atoms with van der Waals surface area (Å²) in [6.45, 7) is 3.08. The van der Waals surface area contributed by atoms with Gasteiger partial charge < -0.3 is 10.5 Å². The van der Waals surface area contributed by atoms with Crippen LogP contribution < -0.4 is 10.5 Å². The molecule has 24 heavy (non-hydrogen) atoms. The highest BCUT2D eigenvalue weighted by atomic mass is 16.5. The summed E-state index contributed by atoms with van der Waals surface area (Å²) in [5.41, 5.74) is 10.5. The number of nitrogens with zero attached hydrogens (tertiary/aromatic N) is 2. The van der Waals surface area contributed by atoms with Crippen molar-refractivity contribution in [3.63, 3.8) is 0 Å². The Balaban J connectivity index is 1.79. The zero-order valence-electron chi connectivity index (χ0n) is 14.1. The Hall–Kier alpha value is -2.59. The molecular weight excluding hydrogens is 298 g/mol. The summed E-state index contributed by atoms with van der Waals surface area (Å²) in [5.74, 6) is 0.963. The van der Waals surface area contributed by atoms with Crippen molar-refractivity contribution in [2.75, 3.05) is 6.54 Å². The van der Waals surface area contributed by atoms with E-state index in [0.717, 1.165) is 28.3 Å². The molecule has 0 saturated heterocycles. The molecule has 1 aromatic heterocycles. The third-order valence-corrected chi connectivity index (χ3v) is 4.14. The minimum Gasteiger partial charge on any atom is -0.489 e. The van der Waals surface area contributed by atoms with Crippen molar-refractivity contribution >= 4 is 0 Å². The normalized spacial score (nSPS) is 12.1. The van der Waals surface area contributed by atoms with E-state index in [9.17, 15) is 0 Å². The lowest BCUT2D eigenvalue weighted by atomic mass is 9.95. The Labute approximate surface area is 142 Å². The van der Waals surface area contributed by atoms with Gasteiger partial charge in [-0.2, -0.15) is 5.10 Å². The molecule has 0 saturated carbocycles. The maximum Gasteiger partial charge on any atom is 0.120 e. The highest BCUT2D eigenvalue weighted by molar-refractivity contribution is 5.36. The number of aromatic nitrogens is 2. The minimum atomic E-state index is 0.108. The maximum absolute atomic E-state index is 6.05. The second-order valence-electron chi connectivity index (χ2n) is 5.97. The number of benzene rings is 2. The van der Waals surface area contributed by atoms with Gasteiger partial charge in [0.15, 0.2) is 0 Å². The Kier molecular flexibility index (Phi) is 4.96. The van der Waals surface area contributed by atoms with E-state index >= 15 is 0 Å². The lowest BCUT2D eigenvalue weighted by Gasteiger charge is -2.17. The lowest BCUT2D eigenvalue weighted by Crippen LogP contribution is -2.17. The standard InChI is InChI=1S/C20H23N3O/c1-15-11-20(23(2)22-15)19(13-21)17-9-6-10-18(12-17)24-14-16-7-4-3-5-8-16/h3-12,19H,13-14,21H2,1-2H3. The van der Waals surface area contributed by atoms with Crippen molar-refractivity contribution in [1.29, 1.82) is 0 Å². The fraction of sp³-hybridized carbons (Fsp3) is 0.250. The number of hydrogen-bond acceptors (Lipinski definition) is 3. The molecule has 0 aliphatic heterocycles. The molecule has 1 unspecified atom stereocenters. The highest BCUT2D eigenvalue weighted by Crippen LogP contribution is 2.27. The molecule has 3 rings (SSSR count). The third-order valence-electron chi connectivity index (χ3n) is 4.14. The van der Waals surface area contributed by atoms with Gasteiger partial charge in [-0.25, -0.2) is 0 Å². The predicted octanol–water partition coefficient (Wildman–Crippen LogP) is 3.40. The van der Waals surface area contributed by atoms with Crippen molar-refractivity contribution in [1.82, 2.24) is 9.78 Å². The molecule has 4 nitrogen and oxygen atoms in total. The van der Waals surface area contributed by atoms with Crippen LogP contribution in [0.15, 0.2) is 60.7 Å². The third kappa shape index (κ3) is 3.66. The molecule has 3 aromatic rings. The van der Waals surface area contributed by atoms with Crippen LogP contribution >= 0.6 is 0 Å². The highest BCUT2D eigenvalue weighted by Gasteiger charge is 2.17. The SMILES string of the molecule is Cc1cc(C(CN)c2cccc(OCc3ccccc3)c2)n(C)n1. The fourth-order valence-corrected chi connectivity index (χ4v) is 2.95. The monoisotopic (exact) mass is 321 g/mol. The predicted molar refractivity (Wildman–Crippen MR) is 96.1 cm³/mol. The van der Waals surface area contributed by atoms with Crippen molar-refractivity contribution < 1.29 is 4.74 Å². The summed E-state index contributed by atoms with van der Waals surface area (Å²) in [5, 5.41) is 4.43. The minimum absolute atomic E-state index is 0.108. The molecule has 0 amide bonds. The second kappa shape index (κ2) is 7.32. The van der Waals surface area contributed by atoms with Gasteiger partial charge >= 0.3 is 0 Å². The number of rotatable bonds is 6. The molecule has 124 valence electrons. The fourth-order valence-electron chi connectivity index (χ4n) is 2.95. The molecule has 0 spiro atoms. The van der Waals surface area contributed by atoms with Crippen LogP contribution in [-0.4, -0.2) is 16.3 Å². The quantitative estimate of drug-likeness (QED) is 0.757. The van der Waals surface area contributed by atoms with Crippen LogP contribution in [0.3, 0.4) is 0 Å². The second-order valence-corrected chi connectivity index (χ2v) is 5.97. The first-order valence-corrected chi connectivity index (χ1v) is 8.14. The molecule has 4 heteroatoms. The Bertz CT molecular complexity index is 796. The van der Waals surface area contributed by atoms with Gasteiger partial charge in [-0.1, -0.05) is 42.5 Å². The van der Waals surface area contributed by atoms with Crippen molar-refractivity contribution in [3.05, 3.63) is 83.2 Å². The molecule has 0 fully saturated rings. The van der Waals surface area contributed by atoms with Crippen molar-refractivity contribution in [3.8, 4) is 5.75 Å². The average Bonchev–Trinajstić information content (AvgIpc) is 2.93. The summed E-state index contributed by atoms with van der Waals surface area (Å²) >= 11 is 0. The summed E-state index contributed by atoms with van der Waals surface area (Å²) in [4.78, 5) is 0. The molecule has 0 aliphatic carbocycles. The van der Waals surface area contributed by atoms with Gasteiger partial charge in [-0.3, -0.25) is 4.68 Å². The van der Waals surface area contributed by atoms with Gasteiger partial charge in [0.2, 0.25) is 0 Å². The summed E-state index contributed by atoms with van der Waals surface area (Å²) in [6, 6.07) is 20.4. The first-order valence-electron chi connectivity index (χ1n) is 8.14. The molecule has 2 N–H and O–H groups in total. The van der Waals surface area contributed by atoms with E-state index in [1.54, 1.807) is 0 Å². The van der Waals surface area contributed by atoms with Gasteiger partial charge in [-0.15, -0.1) is 0 Å². The summed E-state index contributed by atoms with van der Waals surface area (Å²) in [7, 11) is 1.96. The Morgan fingerprint density at radius 1 is 1.08 bits per heavy atom. The van der Waals surface area contributed by atoms with Crippen molar-refractivity contribution in [2.45, 2.75) is 19.4 Å². The van der Waals surface area contributed by atoms with Gasteiger partial charge in [0.05, 0.1) is 5.69 Å². The van der Waals surface area contributed by atoms with Crippen LogP contribution in [0.5, 0.6) is 5.75 Å². The first kappa shape index (κ1) is 16.3. The molecule has 0 aliphatic rings. The first-order chi connectivity index (χ1) is 11.7. The Morgan fingerprint density at radius 2 is 1.88 bits per heavy atom. The van der Waals surface area contributed by atoms with Crippen LogP contribution in [0.1, 0.15) is 28.4 Å². The van der Waals surface area contributed by atoms with Gasteiger partial charge in [0.25, 0.3) is 0 Å². The molecule has 1 heterocycles. The zero-order valence-corrected chi connectivity index (χ0v) is 14.1. The van der Waals surface area contributed by atoms with Crippen LogP contribution in [0.25, 0.3) is 0 Å². The van der Waals surface area contributed by atoms with Crippen LogP contribution in [0.2, 0.25) is 0 Å². The number of aryl methyl sites for hydroxylation is 2. The molecule has 1 atom stereocenters. The van der Waals surface area contributed by atoms with E-state index in [2.05, 4.69) is 35.4 Å². The van der Waals surface area contributed by atoms with Crippen LogP contribution in [-0.2, 0) is 13.7 Å². The van der Waals surface area contributed by atoms with E-state index in [4.69, 9.17) is 10.5 Å². The van der Waals surface area contributed by atoms with E-state index in [1.165, 1.54) is 0 Å². The van der Waals surface area contributed by atoms with E-state index in [1.807, 2.05) is 49.0 Å². The van der Waals surface area contributed by atoms with Crippen LogP contribution in [0, 0.1) is 6.92 Å². The van der Waals surface area contributed by atoms with Gasteiger partial charge in [0.1, 0.15) is 12.4 Å². The van der Waals surface area contributed by atoms with Gasteiger partial charge in [-0.05, 0) is 36.2 Å². The molecular formula is C20H23N3O.